The monoisotopic (exact) mass is 222 g/mol. The van der Waals surface area contributed by atoms with Gasteiger partial charge in [0.05, 0.1) is 0 Å². The van der Waals surface area contributed by atoms with E-state index in [2.05, 4.69) is 0 Å². The van der Waals surface area contributed by atoms with E-state index in [-0.39, 0.29) is 5.78 Å². The van der Waals surface area contributed by atoms with Gasteiger partial charge in [-0.1, -0.05) is 66.7 Å². The maximum Gasteiger partial charge on any atom is 0.193 e. The number of rotatable bonds is 3. The normalized spacial score (nSPS) is 11.2. The molecule has 0 atom stereocenters. The maximum absolute atomic E-state index is 12.3. The summed E-state index contributed by atoms with van der Waals surface area (Å²) in [4.78, 5) is 12.3. The third kappa shape index (κ3) is 2.51. The lowest BCUT2D eigenvalue weighted by atomic mass is 9.97. The Labute approximate surface area is 101 Å². The van der Waals surface area contributed by atoms with Crippen LogP contribution in [0.25, 0.3) is 5.57 Å². The van der Waals surface area contributed by atoms with Crippen molar-refractivity contribution < 1.29 is 4.79 Å². The Balaban J connectivity index is 2.37. The first-order valence-corrected chi connectivity index (χ1v) is 5.64. The number of hydrogen-bond donors (Lipinski definition) is 0. The Morgan fingerprint density at radius 3 is 1.76 bits per heavy atom. The molecule has 0 saturated carbocycles. The Kier molecular flexibility index (Phi) is 3.51. The molecule has 1 nitrogen and oxygen atoms in total. The van der Waals surface area contributed by atoms with Crippen LogP contribution in [0.5, 0.6) is 0 Å². The molecule has 2 aromatic carbocycles. The highest BCUT2D eigenvalue weighted by Crippen LogP contribution is 2.19. The largest absolute Gasteiger partial charge is 0.289 e. The summed E-state index contributed by atoms with van der Waals surface area (Å²) < 4.78 is 0. The van der Waals surface area contributed by atoms with Gasteiger partial charge in [-0.3, -0.25) is 4.79 Å². The van der Waals surface area contributed by atoms with Gasteiger partial charge in [-0.25, -0.2) is 0 Å². The van der Waals surface area contributed by atoms with E-state index in [0.717, 1.165) is 16.7 Å². The number of hydrogen-bond acceptors (Lipinski definition) is 1. The van der Waals surface area contributed by atoms with Crippen LogP contribution >= 0.6 is 0 Å². The van der Waals surface area contributed by atoms with E-state index in [4.69, 9.17) is 0 Å². The molecule has 0 radical (unpaired) electrons. The van der Waals surface area contributed by atoms with Crippen LogP contribution in [-0.2, 0) is 0 Å². The van der Waals surface area contributed by atoms with E-state index in [1.54, 1.807) is 0 Å². The molecule has 0 aliphatic carbocycles. The van der Waals surface area contributed by atoms with Crippen LogP contribution in [0.4, 0.5) is 0 Å². The van der Waals surface area contributed by atoms with Gasteiger partial charge in [0.1, 0.15) is 0 Å². The van der Waals surface area contributed by atoms with Gasteiger partial charge in [0.2, 0.25) is 0 Å². The first-order valence-electron chi connectivity index (χ1n) is 5.64. The molecule has 0 saturated heterocycles. The van der Waals surface area contributed by atoms with Crippen molar-refractivity contribution in [1.82, 2.24) is 0 Å². The standard InChI is InChI=1S/C16H14O/c1-2-15(13-9-5-3-6-10-13)16(17)14-11-7-4-8-12-14/h2-12H,1H3. The summed E-state index contributed by atoms with van der Waals surface area (Å²) in [6.45, 7) is 1.89. The highest BCUT2D eigenvalue weighted by molar-refractivity contribution is 6.28. The molecule has 0 spiro atoms. The highest BCUT2D eigenvalue weighted by atomic mass is 16.1. The van der Waals surface area contributed by atoms with Crippen molar-refractivity contribution in [2.75, 3.05) is 0 Å². The molecule has 0 amide bonds. The third-order valence-electron chi connectivity index (χ3n) is 2.65. The molecule has 0 heterocycles. The fourth-order valence-electron chi connectivity index (χ4n) is 1.79. The SMILES string of the molecule is CC=C(C(=O)c1ccccc1)c1ccccc1. The second-order valence-electron chi connectivity index (χ2n) is 3.76. The number of benzene rings is 2. The van der Waals surface area contributed by atoms with E-state index in [9.17, 15) is 4.79 Å². The lowest BCUT2D eigenvalue weighted by molar-refractivity contribution is 0.105. The second-order valence-corrected chi connectivity index (χ2v) is 3.76. The molecule has 0 unspecified atom stereocenters. The topological polar surface area (TPSA) is 17.1 Å². The van der Waals surface area contributed by atoms with E-state index in [1.165, 1.54) is 0 Å². The van der Waals surface area contributed by atoms with Crippen molar-refractivity contribution in [3.05, 3.63) is 77.9 Å². The van der Waals surface area contributed by atoms with Crippen LogP contribution in [0.2, 0.25) is 0 Å². The summed E-state index contributed by atoms with van der Waals surface area (Å²) in [5, 5.41) is 0. The van der Waals surface area contributed by atoms with Gasteiger partial charge in [-0.05, 0) is 12.5 Å². The Hall–Kier alpha value is -2.15. The minimum atomic E-state index is 0.0688. The van der Waals surface area contributed by atoms with Crippen LogP contribution in [-0.4, -0.2) is 5.78 Å². The fraction of sp³-hybridized carbons (Fsp3) is 0.0625. The van der Waals surface area contributed by atoms with Gasteiger partial charge in [0.25, 0.3) is 0 Å². The molecule has 84 valence electrons. The van der Waals surface area contributed by atoms with Crippen LogP contribution in [0.15, 0.2) is 66.7 Å². The van der Waals surface area contributed by atoms with Crippen molar-refractivity contribution >= 4 is 11.4 Å². The molecule has 17 heavy (non-hydrogen) atoms. The predicted octanol–water partition coefficient (Wildman–Crippen LogP) is 3.97. The first kappa shape index (κ1) is 11.3. The van der Waals surface area contributed by atoms with Gasteiger partial charge >= 0.3 is 0 Å². The van der Waals surface area contributed by atoms with Gasteiger partial charge in [-0.15, -0.1) is 0 Å². The summed E-state index contributed by atoms with van der Waals surface area (Å²) in [6, 6.07) is 19.1. The van der Waals surface area contributed by atoms with Crippen molar-refractivity contribution in [2.45, 2.75) is 6.92 Å². The molecule has 2 aromatic rings. The zero-order valence-electron chi connectivity index (χ0n) is 9.76. The van der Waals surface area contributed by atoms with Crippen LogP contribution in [0.3, 0.4) is 0 Å². The smallest absolute Gasteiger partial charge is 0.193 e. The average molecular weight is 222 g/mol. The molecule has 0 fully saturated rings. The molecular weight excluding hydrogens is 208 g/mol. The fourth-order valence-corrected chi connectivity index (χ4v) is 1.79. The predicted molar refractivity (Wildman–Crippen MR) is 70.9 cm³/mol. The van der Waals surface area contributed by atoms with E-state index >= 15 is 0 Å². The van der Waals surface area contributed by atoms with E-state index in [1.807, 2.05) is 73.7 Å². The maximum atomic E-state index is 12.3. The summed E-state index contributed by atoms with van der Waals surface area (Å²) in [7, 11) is 0. The summed E-state index contributed by atoms with van der Waals surface area (Å²) in [6.07, 6.45) is 1.87. The van der Waals surface area contributed by atoms with Gasteiger partial charge < -0.3 is 0 Å². The van der Waals surface area contributed by atoms with Crippen molar-refractivity contribution in [2.24, 2.45) is 0 Å². The highest BCUT2D eigenvalue weighted by Gasteiger charge is 2.12. The number of carbonyl (C=O) groups is 1. The Morgan fingerprint density at radius 1 is 0.824 bits per heavy atom. The molecule has 0 aliphatic rings. The number of allylic oxidation sites excluding steroid dienone is 2. The lowest BCUT2D eigenvalue weighted by Gasteiger charge is -2.06. The summed E-state index contributed by atoms with van der Waals surface area (Å²) in [5.74, 6) is 0.0688. The molecule has 0 aliphatic heterocycles. The number of carbonyl (C=O) groups excluding carboxylic acids is 1. The zero-order chi connectivity index (χ0) is 12.1. The van der Waals surface area contributed by atoms with Crippen molar-refractivity contribution in [3.8, 4) is 0 Å². The molecule has 2 rings (SSSR count). The number of Topliss-reactive ketones (excluding diaryl/α,β-unsaturated/α-hetero) is 1. The minimum Gasteiger partial charge on any atom is -0.289 e. The lowest BCUT2D eigenvalue weighted by Crippen LogP contribution is -2.02. The van der Waals surface area contributed by atoms with E-state index in [0.29, 0.717) is 0 Å². The van der Waals surface area contributed by atoms with Crippen LogP contribution in [0.1, 0.15) is 22.8 Å². The van der Waals surface area contributed by atoms with Crippen molar-refractivity contribution in [1.29, 1.82) is 0 Å². The first-order chi connectivity index (χ1) is 8.33. The summed E-state index contributed by atoms with van der Waals surface area (Å²) >= 11 is 0. The van der Waals surface area contributed by atoms with Crippen molar-refractivity contribution in [3.63, 3.8) is 0 Å². The van der Waals surface area contributed by atoms with Gasteiger partial charge in [0, 0.05) is 11.1 Å². The average Bonchev–Trinajstić information content (AvgIpc) is 2.42. The van der Waals surface area contributed by atoms with E-state index < -0.39 is 0 Å². The molecule has 0 aromatic heterocycles. The van der Waals surface area contributed by atoms with Crippen LogP contribution in [0, 0.1) is 0 Å². The summed E-state index contributed by atoms with van der Waals surface area (Å²) in [5.41, 5.74) is 2.44. The molecule has 0 bridgehead atoms. The molecule has 0 N–H and O–H groups in total. The van der Waals surface area contributed by atoms with Gasteiger partial charge in [-0.2, -0.15) is 0 Å². The minimum absolute atomic E-state index is 0.0688. The van der Waals surface area contributed by atoms with Gasteiger partial charge in [0.15, 0.2) is 5.78 Å². The molecule has 1 heteroatoms. The molecular formula is C16H14O. The Morgan fingerprint density at radius 2 is 1.29 bits per heavy atom. The van der Waals surface area contributed by atoms with Crippen LogP contribution < -0.4 is 0 Å². The zero-order valence-corrected chi connectivity index (χ0v) is 9.76. The number of ketones is 1. The Bertz CT molecular complexity index is 524. The second kappa shape index (κ2) is 5.26. The third-order valence-corrected chi connectivity index (χ3v) is 2.65. The quantitative estimate of drug-likeness (QED) is 0.567.